The van der Waals surface area contributed by atoms with Crippen molar-refractivity contribution in [3.63, 3.8) is 0 Å². The maximum absolute atomic E-state index is 13.4. The van der Waals surface area contributed by atoms with E-state index in [2.05, 4.69) is 50.9 Å². The van der Waals surface area contributed by atoms with Crippen LogP contribution in [0, 0.1) is 13.8 Å². The minimum atomic E-state index is -1.02. The van der Waals surface area contributed by atoms with E-state index in [0.29, 0.717) is 19.7 Å². The van der Waals surface area contributed by atoms with Crippen molar-refractivity contribution < 1.29 is 14.6 Å². The second-order valence-electron chi connectivity index (χ2n) is 9.00. The summed E-state index contributed by atoms with van der Waals surface area (Å²) >= 11 is 1.75. The lowest BCUT2D eigenvalue weighted by atomic mass is 10.00. The van der Waals surface area contributed by atoms with Crippen LogP contribution in [0.4, 0.5) is 0 Å². The first-order valence-electron chi connectivity index (χ1n) is 11.4. The van der Waals surface area contributed by atoms with Crippen molar-refractivity contribution in [2.24, 2.45) is 0 Å². The summed E-state index contributed by atoms with van der Waals surface area (Å²) in [5.41, 5.74) is 2.48. The minimum absolute atomic E-state index is 0.0735. The molecule has 1 aromatic carbocycles. The molecule has 0 saturated heterocycles. The molecule has 1 aliphatic heterocycles. The van der Waals surface area contributed by atoms with Gasteiger partial charge in [-0.1, -0.05) is 30.7 Å². The van der Waals surface area contributed by atoms with Crippen LogP contribution in [0.15, 0.2) is 42.3 Å². The highest BCUT2D eigenvalue weighted by Gasteiger charge is 2.33. The third kappa shape index (κ3) is 6.00. The molecular formula is C26H36N2O3S. The molecular weight excluding hydrogens is 420 g/mol. The highest BCUT2D eigenvalue weighted by atomic mass is 32.1. The maximum Gasteiger partial charge on any atom is 0.237 e. The Hall–Kier alpha value is -2.15. The molecule has 0 spiro atoms. The van der Waals surface area contributed by atoms with Crippen molar-refractivity contribution in [1.29, 1.82) is 0 Å². The summed E-state index contributed by atoms with van der Waals surface area (Å²) in [5.74, 6) is 0.935. The van der Waals surface area contributed by atoms with E-state index < -0.39 is 5.60 Å². The Bertz CT molecular complexity index is 937. The van der Waals surface area contributed by atoms with Crippen LogP contribution in [0.3, 0.4) is 0 Å². The molecule has 1 amide bonds. The van der Waals surface area contributed by atoms with Gasteiger partial charge in [0.15, 0.2) is 0 Å². The van der Waals surface area contributed by atoms with Gasteiger partial charge in [-0.15, -0.1) is 17.9 Å². The minimum Gasteiger partial charge on any atom is -0.491 e. The summed E-state index contributed by atoms with van der Waals surface area (Å²) in [6, 6.07) is 8.19. The van der Waals surface area contributed by atoms with E-state index in [1.54, 1.807) is 24.3 Å². The van der Waals surface area contributed by atoms with E-state index in [0.717, 1.165) is 30.7 Å². The first-order chi connectivity index (χ1) is 15.2. The Labute approximate surface area is 196 Å². The fourth-order valence-corrected chi connectivity index (χ4v) is 5.26. The number of thiophene rings is 1. The van der Waals surface area contributed by atoms with E-state index in [9.17, 15) is 9.90 Å². The lowest BCUT2D eigenvalue weighted by Crippen LogP contribution is -2.49. The number of hydrogen-bond donors (Lipinski definition) is 1. The van der Waals surface area contributed by atoms with E-state index in [1.807, 2.05) is 15.9 Å². The smallest absolute Gasteiger partial charge is 0.237 e. The number of rotatable bonds is 10. The highest BCUT2D eigenvalue weighted by molar-refractivity contribution is 7.10. The number of fused-ring (bicyclic) bond motifs is 1. The molecule has 0 unspecified atom stereocenters. The molecule has 5 nitrogen and oxygen atoms in total. The zero-order chi connectivity index (χ0) is 23.3. The molecule has 0 aliphatic carbocycles. The molecule has 174 valence electrons. The van der Waals surface area contributed by atoms with Gasteiger partial charge >= 0.3 is 0 Å². The Balaban J connectivity index is 1.76. The van der Waals surface area contributed by atoms with E-state index in [-0.39, 0.29) is 18.5 Å². The number of hydrogen-bond acceptors (Lipinski definition) is 5. The summed E-state index contributed by atoms with van der Waals surface area (Å²) in [7, 11) is 0. The first kappa shape index (κ1) is 24.5. The van der Waals surface area contributed by atoms with Gasteiger partial charge in [0.1, 0.15) is 12.4 Å². The average Bonchev–Trinajstić information content (AvgIpc) is 3.22. The van der Waals surface area contributed by atoms with Crippen LogP contribution in [0.1, 0.15) is 47.9 Å². The van der Waals surface area contributed by atoms with Crippen molar-refractivity contribution >= 4 is 17.2 Å². The summed E-state index contributed by atoms with van der Waals surface area (Å²) in [4.78, 5) is 18.8. The van der Waals surface area contributed by atoms with Crippen LogP contribution in [0.25, 0.3) is 0 Å². The maximum atomic E-state index is 13.4. The molecule has 1 aliphatic rings. The summed E-state index contributed by atoms with van der Waals surface area (Å²) in [5, 5.41) is 12.6. The molecule has 6 heteroatoms. The van der Waals surface area contributed by atoms with Crippen LogP contribution < -0.4 is 4.74 Å². The molecule has 0 bridgehead atoms. The molecule has 2 atom stereocenters. The van der Waals surface area contributed by atoms with Gasteiger partial charge in [-0.05, 0) is 68.8 Å². The topological polar surface area (TPSA) is 53.0 Å². The van der Waals surface area contributed by atoms with Crippen molar-refractivity contribution in [1.82, 2.24) is 9.80 Å². The summed E-state index contributed by atoms with van der Waals surface area (Å²) in [6.45, 7) is 14.2. The SMILES string of the molecule is C=C[C@@](C)(O)CN(CCC)CC(=O)N1CCc2sccc2[C@@H]1COc1ccc(C)cc1C. The molecule has 0 fully saturated rings. The molecule has 0 radical (unpaired) electrons. The zero-order valence-electron chi connectivity index (χ0n) is 19.8. The third-order valence-electron chi connectivity index (χ3n) is 6.02. The predicted molar refractivity (Wildman–Crippen MR) is 131 cm³/mol. The number of benzene rings is 1. The van der Waals surface area contributed by atoms with Crippen LogP contribution in [0.2, 0.25) is 0 Å². The van der Waals surface area contributed by atoms with Gasteiger partial charge in [0.2, 0.25) is 5.91 Å². The van der Waals surface area contributed by atoms with Gasteiger partial charge in [0, 0.05) is 18.0 Å². The van der Waals surface area contributed by atoms with Crippen molar-refractivity contribution in [3.05, 3.63) is 63.9 Å². The number of aliphatic hydroxyl groups is 1. The second-order valence-corrected chi connectivity index (χ2v) is 10.0. The number of carbonyl (C=O) groups is 1. The molecule has 2 aromatic rings. The number of amides is 1. The molecule has 1 aromatic heterocycles. The Morgan fingerprint density at radius 3 is 2.88 bits per heavy atom. The van der Waals surface area contributed by atoms with Gasteiger partial charge in [-0.25, -0.2) is 0 Å². The standard InChI is InChI=1S/C26H36N2O3S/c1-6-12-27(18-26(5,30)7-2)16-25(29)28-13-10-24-21(11-14-32-24)22(28)17-31-23-9-8-19(3)15-20(23)4/h7-9,11,14-15,22,30H,2,6,10,12-13,16-18H2,1,3-5H3/t22-,26+/m0/s1. The molecule has 1 N–H and O–H groups in total. The second kappa shape index (κ2) is 10.6. The number of aryl methyl sites for hydroxylation is 2. The van der Waals surface area contributed by atoms with Crippen LogP contribution in [0.5, 0.6) is 5.75 Å². The zero-order valence-corrected chi connectivity index (χ0v) is 20.6. The third-order valence-corrected chi connectivity index (χ3v) is 7.02. The van der Waals surface area contributed by atoms with Crippen LogP contribution >= 0.6 is 11.3 Å². The fraction of sp³-hybridized carbons (Fsp3) is 0.500. The highest BCUT2D eigenvalue weighted by Crippen LogP contribution is 2.34. The van der Waals surface area contributed by atoms with Gasteiger partial charge in [0.25, 0.3) is 0 Å². The largest absolute Gasteiger partial charge is 0.491 e. The Morgan fingerprint density at radius 2 is 2.19 bits per heavy atom. The van der Waals surface area contributed by atoms with E-state index in [4.69, 9.17) is 4.74 Å². The van der Waals surface area contributed by atoms with Gasteiger partial charge in [-0.2, -0.15) is 0 Å². The van der Waals surface area contributed by atoms with Crippen molar-refractivity contribution in [2.75, 3.05) is 32.8 Å². The quantitative estimate of drug-likeness (QED) is 0.534. The van der Waals surface area contributed by atoms with E-state index >= 15 is 0 Å². The van der Waals surface area contributed by atoms with Crippen molar-refractivity contribution in [3.8, 4) is 5.75 Å². The Morgan fingerprint density at radius 1 is 1.41 bits per heavy atom. The van der Waals surface area contributed by atoms with Crippen LogP contribution in [-0.2, 0) is 11.2 Å². The molecule has 3 rings (SSSR count). The van der Waals surface area contributed by atoms with Gasteiger partial charge < -0.3 is 14.7 Å². The number of ether oxygens (including phenoxy) is 1. The van der Waals surface area contributed by atoms with Gasteiger partial charge in [-0.3, -0.25) is 9.69 Å². The normalized spacial score (nSPS) is 17.7. The van der Waals surface area contributed by atoms with Crippen LogP contribution in [-0.4, -0.2) is 59.2 Å². The predicted octanol–water partition coefficient (Wildman–Crippen LogP) is 4.52. The molecule has 2 heterocycles. The first-order valence-corrected chi connectivity index (χ1v) is 12.3. The number of nitrogens with zero attached hydrogens (tertiary/aromatic N) is 2. The molecule has 32 heavy (non-hydrogen) atoms. The Kier molecular flexibility index (Phi) is 8.15. The lowest BCUT2D eigenvalue weighted by Gasteiger charge is -2.38. The molecule has 0 saturated carbocycles. The average molecular weight is 457 g/mol. The van der Waals surface area contributed by atoms with E-state index in [1.165, 1.54) is 16.0 Å². The number of carbonyl (C=O) groups excluding carboxylic acids is 1. The van der Waals surface area contributed by atoms with Crippen molar-refractivity contribution in [2.45, 2.75) is 52.2 Å². The van der Waals surface area contributed by atoms with Gasteiger partial charge in [0.05, 0.1) is 18.2 Å². The summed E-state index contributed by atoms with van der Waals surface area (Å²) < 4.78 is 6.23. The lowest BCUT2D eigenvalue weighted by molar-refractivity contribution is -0.136. The summed E-state index contributed by atoms with van der Waals surface area (Å²) in [6.07, 6.45) is 3.32. The fourth-order valence-electron chi connectivity index (χ4n) is 4.33. The monoisotopic (exact) mass is 456 g/mol.